The molecule has 0 aromatic heterocycles. The number of carboxylic acid groups (broad SMARTS) is 1. The summed E-state index contributed by atoms with van der Waals surface area (Å²) < 4.78 is 26.4. The molecule has 22 heavy (non-hydrogen) atoms. The van der Waals surface area contributed by atoms with E-state index in [0.717, 1.165) is 4.31 Å². The highest BCUT2D eigenvalue weighted by molar-refractivity contribution is 7.92. The summed E-state index contributed by atoms with van der Waals surface area (Å²) in [5.74, 6) is -1.25. The normalized spacial score (nSPS) is 11.2. The summed E-state index contributed by atoms with van der Waals surface area (Å²) in [6, 6.07) is 12.4. The van der Waals surface area contributed by atoms with Crippen LogP contribution in [0.3, 0.4) is 0 Å². The number of halogens is 1. The largest absolute Gasteiger partial charge is 0.480 e. The molecule has 0 fully saturated rings. The fourth-order valence-electron chi connectivity index (χ4n) is 2.01. The fourth-order valence-corrected chi connectivity index (χ4v) is 3.67. The number of hydrogen-bond acceptors (Lipinski definition) is 3. The van der Waals surface area contributed by atoms with Crippen molar-refractivity contribution in [1.29, 1.82) is 0 Å². The van der Waals surface area contributed by atoms with E-state index in [1.807, 2.05) is 0 Å². The Balaban J connectivity index is 2.61. The maximum absolute atomic E-state index is 12.8. The highest BCUT2D eigenvalue weighted by Crippen LogP contribution is 2.30. The van der Waals surface area contributed by atoms with Gasteiger partial charge in [-0.1, -0.05) is 35.9 Å². The molecule has 0 amide bonds. The molecule has 0 atom stereocenters. The van der Waals surface area contributed by atoms with Gasteiger partial charge in [0.1, 0.15) is 6.54 Å². The van der Waals surface area contributed by atoms with E-state index in [1.165, 1.54) is 18.2 Å². The molecule has 0 heterocycles. The fraction of sp³-hybridized carbons (Fsp3) is 0.133. The summed E-state index contributed by atoms with van der Waals surface area (Å²) in [5.41, 5.74) is 0.753. The first-order valence-corrected chi connectivity index (χ1v) is 8.20. The molecule has 0 spiro atoms. The van der Waals surface area contributed by atoms with Gasteiger partial charge in [0, 0.05) is 5.02 Å². The van der Waals surface area contributed by atoms with Gasteiger partial charge in [0.05, 0.1) is 10.6 Å². The van der Waals surface area contributed by atoms with Crippen LogP contribution in [-0.2, 0) is 14.8 Å². The van der Waals surface area contributed by atoms with Crippen LogP contribution in [0.25, 0.3) is 0 Å². The minimum absolute atomic E-state index is 0.0237. The zero-order valence-electron chi connectivity index (χ0n) is 11.7. The zero-order valence-corrected chi connectivity index (χ0v) is 13.3. The lowest BCUT2D eigenvalue weighted by Gasteiger charge is -2.24. The predicted molar refractivity (Wildman–Crippen MR) is 84.8 cm³/mol. The van der Waals surface area contributed by atoms with Crippen LogP contribution in [0, 0.1) is 6.92 Å². The molecule has 1 N–H and O–H groups in total. The van der Waals surface area contributed by atoms with E-state index in [9.17, 15) is 13.2 Å². The third kappa shape index (κ3) is 3.23. The summed E-state index contributed by atoms with van der Waals surface area (Å²) in [4.78, 5) is 11.1. The molecule has 2 aromatic carbocycles. The van der Waals surface area contributed by atoms with Crippen molar-refractivity contribution in [2.45, 2.75) is 11.8 Å². The molecular weight excluding hydrogens is 326 g/mol. The highest BCUT2D eigenvalue weighted by Gasteiger charge is 2.28. The average molecular weight is 340 g/mol. The summed E-state index contributed by atoms with van der Waals surface area (Å²) in [5, 5.41) is 9.45. The smallest absolute Gasteiger partial charge is 0.324 e. The number of carbonyl (C=O) groups is 1. The maximum atomic E-state index is 12.8. The standard InChI is InChI=1S/C15H14ClNO4S/c1-11-13(16)8-5-9-14(11)17(10-15(18)19)22(20,21)12-6-3-2-4-7-12/h2-9H,10H2,1H3,(H,18,19). The lowest BCUT2D eigenvalue weighted by molar-refractivity contribution is -0.135. The molecule has 0 aliphatic rings. The lowest BCUT2D eigenvalue weighted by atomic mass is 10.2. The van der Waals surface area contributed by atoms with Crippen molar-refractivity contribution in [3.63, 3.8) is 0 Å². The Kier molecular flexibility index (Phi) is 4.73. The maximum Gasteiger partial charge on any atom is 0.324 e. The monoisotopic (exact) mass is 339 g/mol. The van der Waals surface area contributed by atoms with Gasteiger partial charge in [-0.2, -0.15) is 0 Å². The first kappa shape index (κ1) is 16.3. The molecule has 0 saturated carbocycles. The number of rotatable bonds is 5. The van der Waals surface area contributed by atoms with Gasteiger partial charge in [0.2, 0.25) is 0 Å². The summed E-state index contributed by atoms with van der Waals surface area (Å²) >= 11 is 6.02. The topological polar surface area (TPSA) is 74.7 Å². The molecule has 116 valence electrons. The highest BCUT2D eigenvalue weighted by atomic mass is 35.5. The van der Waals surface area contributed by atoms with E-state index in [0.29, 0.717) is 10.6 Å². The second-order valence-corrected chi connectivity index (χ2v) is 6.87. The van der Waals surface area contributed by atoms with E-state index in [2.05, 4.69) is 0 Å². The number of nitrogens with zero attached hydrogens (tertiary/aromatic N) is 1. The van der Waals surface area contributed by atoms with Gasteiger partial charge in [-0.3, -0.25) is 9.10 Å². The minimum atomic E-state index is -3.99. The van der Waals surface area contributed by atoms with Crippen molar-refractivity contribution >= 4 is 33.3 Å². The van der Waals surface area contributed by atoms with Crippen LogP contribution in [-0.4, -0.2) is 26.0 Å². The van der Waals surface area contributed by atoms with Gasteiger partial charge >= 0.3 is 5.97 Å². The molecule has 2 rings (SSSR count). The van der Waals surface area contributed by atoms with Crippen molar-refractivity contribution in [3.8, 4) is 0 Å². The Morgan fingerprint density at radius 3 is 2.36 bits per heavy atom. The van der Waals surface area contributed by atoms with Crippen molar-refractivity contribution in [2.75, 3.05) is 10.8 Å². The molecule has 0 aliphatic heterocycles. The van der Waals surface area contributed by atoms with E-state index in [-0.39, 0.29) is 10.6 Å². The molecule has 0 saturated heterocycles. The summed E-state index contributed by atoms with van der Waals surface area (Å²) in [6.07, 6.45) is 0. The Morgan fingerprint density at radius 2 is 1.77 bits per heavy atom. The zero-order chi connectivity index (χ0) is 16.3. The van der Waals surface area contributed by atoms with E-state index in [1.54, 1.807) is 37.3 Å². The van der Waals surface area contributed by atoms with Crippen LogP contribution < -0.4 is 4.31 Å². The Morgan fingerprint density at radius 1 is 1.14 bits per heavy atom. The molecule has 0 aliphatic carbocycles. The van der Waals surface area contributed by atoms with Crippen molar-refractivity contribution < 1.29 is 18.3 Å². The molecule has 0 radical (unpaired) electrons. The van der Waals surface area contributed by atoms with E-state index >= 15 is 0 Å². The number of carboxylic acids is 1. The van der Waals surface area contributed by atoms with Gasteiger partial charge in [-0.25, -0.2) is 8.42 Å². The summed E-state index contributed by atoms with van der Waals surface area (Å²) in [6.45, 7) is 0.964. The van der Waals surface area contributed by atoms with Gasteiger partial charge in [-0.05, 0) is 36.8 Å². The number of sulfonamides is 1. The van der Waals surface area contributed by atoms with Gasteiger partial charge in [0.25, 0.3) is 10.0 Å². The first-order chi connectivity index (χ1) is 10.3. The number of benzene rings is 2. The van der Waals surface area contributed by atoms with Crippen molar-refractivity contribution in [3.05, 3.63) is 59.1 Å². The van der Waals surface area contributed by atoms with Crippen LogP contribution in [0.5, 0.6) is 0 Å². The molecule has 5 nitrogen and oxygen atoms in total. The van der Waals surface area contributed by atoms with Gasteiger partial charge in [0.15, 0.2) is 0 Å². The predicted octanol–water partition coefficient (Wildman–Crippen LogP) is 2.93. The Hall–Kier alpha value is -2.05. The molecule has 0 bridgehead atoms. The summed E-state index contributed by atoms with van der Waals surface area (Å²) in [7, 11) is -3.99. The third-order valence-corrected chi connectivity index (χ3v) is 5.30. The van der Waals surface area contributed by atoms with Crippen molar-refractivity contribution in [2.24, 2.45) is 0 Å². The molecular formula is C15H14ClNO4S. The Bertz CT molecular complexity index is 790. The Labute approximate surface area is 133 Å². The van der Waals surface area contributed by atoms with Crippen LogP contribution in [0.15, 0.2) is 53.4 Å². The van der Waals surface area contributed by atoms with Gasteiger partial charge < -0.3 is 5.11 Å². The minimum Gasteiger partial charge on any atom is -0.480 e. The number of hydrogen-bond donors (Lipinski definition) is 1. The number of aliphatic carboxylic acids is 1. The van der Waals surface area contributed by atoms with E-state index < -0.39 is 22.5 Å². The first-order valence-electron chi connectivity index (χ1n) is 6.38. The van der Waals surface area contributed by atoms with Crippen LogP contribution in [0.4, 0.5) is 5.69 Å². The van der Waals surface area contributed by atoms with E-state index in [4.69, 9.17) is 16.7 Å². The number of anilines is 1. The second-order valence-electron chi connectivity index (χ2n) is 4.60. The lowest BCUT2D eigenvalue weighted by Crippen LogP contribution is -2.36. The molecule has 0 unspecified atom stereocenters. The SMILES string of the molecule is Cc1c(Cl)cccc1N(CC(=O)O)S(=O)(=O)c1ccccc1. The molecule has 7 heteroatoms. The quantitative estimate of drug-likeness (QED) is 0.908. The van der Waals surface area contributed by atoms with Crippen LogP contribution >= 0.6 is 11.6 Å². The average Bonchev–Trinajstić information content (AvgIpc) is 2.48. The van der Waals surface area contributed by atoms with Crippen LogP contribution in [0.1, 0.15) is 5.56 Å². The van der Waals surface area contributed by atoms with Gasteiger partial charge in [-0.15, -0.1) is 0 Å². The van der Waals surface area contributed by atoms with Crippen molar-refractivity contribution in [1.82, 2.24) is 0 Å². The van der Waals surface area contributed by atoms with Crippen LogP contribution in [0.2, 0.25) is 5.02 Å². The second kappa shape index (κ2) is 6.37. The third-order valence-electron chi connectivity index (χ3n) is 3.12. The molecule has 2 aromatic rings.